The van der Waals surface area contributed by atoms with Crippen LogP contribution in [0.3, 0.4) is 0 Å². The smallest absolute Gasteiger partial charge is 0.276 e. The summed E-state index contributed by atoms with van der Waals surface area (Å²) in [7, 11) is 3.29. The minimum absolute atomic E-state index is 0.112. The van der Waals surface area contributed by atoms with Crippen molar-refractivity contribution in [1.82, 2.24) is 15.1 Å². The van der Waals surface area contributed by atoms with Crippen LogP contribution in [0.1, 0.15) is 16.1 Å². The van der Waals surface area contributed by atoms with Gasteiger partial charge in [-0.15, -0.1) is 0 Å². The van der Waals surface area contributed by atoms with Gasteiger partial charge < -0.3 is 10.1 Å². The summed E-state index contributed by atoms with van der Waals surface area (Å²) < 4.78 is 6.69. The summed E-state index contributed by atoms with van der Waals surface area (Å²) in [5.41, 5.74) is 1.08. The summed E-state index contributed by atoms with van der Waals surface area (Å²) >= 11 is 0. The highest BCUT2D eigenvalue weighted by atomic mass is 16.5. The normalized spacial score (nSPS) is 10.6. The predicted molar refractivity (Wildman–Crippen MR) is 91.1 cm³/mol. The van der Waals surface area contributed by atoms with Crippen molar-refractivity contribution >= 4 is 16.8 Å². The molecule has 122 valence electrons. The molecular formula is C18H17N3O3. The van der Waals surface area contributed by atoms with Crippen LogP contribution in [0.5, 0.6) is 5.75 Å². The number of carbonyl (C=O) groups is 1. The number of hydrogen-bond acceptors (Lipinski definition) is 4. The number of benzene rings is 2. The number of aromatic nitrogens is 2. The predicted octanol–water partition coefficient (Wildman–Crippen LogP) is 1.87. The Morgan fingerprint density at radius 1 is 1.21 bits per heavy atom. The lowest BCUT2D eigenvalue weighted by Gasteiger charge is -2.09. The van der Waals surface area contributed by atoms with Crippen LogP contribution in [0.15, 0.2) is 53.3 Å². The van der Waals surface area contributed by atoms with Gasteiger partial charge in [0.2, 0.25) is 5.43 Å². The fraction of sp³-hybridized carbons (Fsp3) is 0.167. The van der Waals surface area contributed by atoms with Crippen LogP contribution >= 0.6 is 0 Å². The Balaban J connectivity index is 1.86. The fourth-order valence-corrected chi connectivity index (χ4v) is 2.52. The maximum atomic E-state index is 12.5. The quantitative estimate of drug-likeness (QED) is 0.795. The number of carbonyl (C=O) groups excluding carboxylic acids is 1. The maximum absolute atomic E-state index is 12.5. The van der Waals surface area contributed by atoms with Gasteiger partial charge in [-0.1, -0.05) is 24.3 Å². The van der Waals surface area contributed by atoms with Gasteiger partial charge in [0, 0.05) is 19.0 Å². The zero-order valence-electron chi connectivity index (χ0n) is 13.4. The van der Waals surface area contributed by atoms with Crippen LogP contribution in [0.2, 0.25) is 0 Å². The van der Waals surface area contributed by atoms with E-state index >= 15 is 0 Å². The van der Waals surface area contributed by atoms with Crippen LogP contribution in [-0.2, 0) is 13.6 Å². The first-order valence-electron chi connectivity index (χ1n) is 7.47. The van der Waals surface area contributed by atoms with Crippen molar-refractivity contribution in [3.63, 3.8) is 0 Å². The molecule has 0 fully saturated rings. The van der Waals surface area contributed by atoms with Gasteiger partial charge in [-0.3, -0.25) is 14.3 Å². The molecule has 1 N–H and O–H groups in total. The third-order valence-corrected chi connectivity index (χ3v) is 3.76. The Morgan fingerprint density at radius 2 is 2.00 bits per heavy atom. The first-order valence-corrected chi connectivity index (χ1v) is 7.47. The Kier molecular flexibility index (Phi) is 4.29. The molecule has 0 aliphatic rings. The molecular weight excluding hydrogens is 306 g/mol. The molecule has 0 aliphatic carbocycles. The SMILES string of the molecule is COc1cccc(CNC(=O)c2nn(C)c3ccccc3c2=O)c1. The van der Waals surface area contributed by atoms with Crippen LogP contribution in [0.4, 0.5) is 0 Å². The highest BCUT2D eigenvalue weighted by Crippen LogP contribution is 2.12. The molecule has 3 aromatic rings. The summed E-state index contributed by atoms with van der Waals surface area (Å²) in [5.74, 6) is 0.214. The topological polar surface area (TPSA) is 73.2 Å². The highest BCUT2D eigenvalue weighted by molar-refractivity contribution is 5.95. The summed E-state index contributed by atoms with van der Waals surface area (Å²) in [4.78, 5) is 24.8. The molecule has 0 unspecified atom stereocenters. The van der Waals surface area contributed by atoms with E-state index in [4.69, 9.17) is 4.74 Å². The van der Waals surface area contributed by atoms with E-state index in [2.05, 4.69) is 10.4 Å². The molecule has 1 heterocycles. The lowest BCUT2D eigenvalue weighted by molar-refractivity contribution is 0.0943. The number of aryl methyl sites for hydroxylation is 1. The molecule has 0 aliphatic heterocycles. The molecule has 1 amide bonds. The van der Waals surface area contributed by atoms with Crippen molar-refractivity contribution in [3.8, 4) is 5.75 Å². The second kappa shape index (κ2) is 6.54. The van der Waals surface area contributed by atoms with Gasteiger partial charge >= 0.3 is 0 Å². The molecule has 0 saturated heterocycles. The summed E-state index contributed by atoms with van der Waals surface area (Å²) in [6.07, 6.45) is 0. The number of methoxy groups -OCH3 is 1. The molecule has 1 aromatic heterocycles. The van der Waals surface area contributed by atoms with Gasteiger partial charge in [0.05, 0.1) is 12.6 Å². The van der Waals surface area contributed by atoms with E-state index < -0.39 is 5.91 Å². The molecule has 0 radical (unpaired) electrons. The highest BCUT2D eigenvalue weighted by Gasteiger charge is 2.16. The van der Waals surface area contributed by atoms with Gasteiger partial charge in [0.15, 0.2) is 5.69 Å². The van der Waals surface area contributed by atoms with Crippen molar-refractivity contribution in [3.05, 3.63) is 70.0 Å². The van der Waals surface area contributed by atoms with Gasteiger partial charge in [0.1, 0.15) is 5.75 Å². The van der Waals surface area contributed by atoms with Crippen molar-refractivity contribution in [2.45, 2.75) is 6.54 Å². The first-order chi connectivity index (χ1) is 11.6. The lowest BCUT2D eigenvalue weighted by Crippen LogP contribution is -2.31. The average Bonchev–Trinajstić information content (AvgIpc) is 2.63. The lowest BCUT2D eigenvalue weighted by atomic mass is 10.2. The van der Waals surface area contributed by atoms with Gasteiger partial charge in [-0.2, -0.15) is 5.10 Å². The minimum atomic E-state index is -0.496. The zero-order chi connectivity index (χ0) is 17.1. The Bertz CT molecular complexity index is 963. The van der Waals surface area contributed by atoms with E-state index in [1.54, 1.807) is 32.4 Å². The van der Waals surface area contributed by atoms with E-state index in [1.807, 2.05) is 30.3 Å². The number of para-hydroxylation sites is 1. The minimum Gasteiger partial charge on any atom is -0.497 e. The molecule has 3 rings (SSSR count). The molecule has 0 spiro atoms. The number of fused-ring (bicyclic) bond motifs is 1. The summed E-state index contributed by atoms with van der Waals surface area (Å²) in [6, 6.07) is 14.4. The summed E-state index contributed by atoms with van der Waals surface area (Å²) in [5, 5.41) is 7.32. The number of nitrogens with one attached hydrogen (secondary N) is 1. The number of amides is 1. The van der Waals surface area contributed by atoms with Crippen LogP contribution in [0, 0.1) is 0 Å². The van der Waals surface area contributed by atoms with E-state index in [0.29, 0.717) is 16.7 Å². The van der Waals surface area contributed by atoms with Crippen LogP contribution in [-0.4, -0.2) is 22.8 Å². The van der Waals surface area contributed by atoms with Crippen molar-refractivity contribution < 1.29 is 9.53 Å². The van der Waals surface area contributed by atoms with Gasteiger partial charge in [0.25, 0.3) is 5.91 Å². The number of hydrogen-bond donors (Lipinski definition) is 1. The van der Waals surface area contributed by atoms with Gasteiger partial charge in [-0.05, 0) is 29.8 Å². The monoisotopic (exact) mass is 323 g/mol. The Morgan fingerprint density at radius 3 is 2.79 bits per heavy atom. The van der Waals surface area contributed by atoms with E-state index in [0.717, 1.165) is 5.56 Å². The Labute approximate surface area is 138 Å². The average molecular weight is 323 g/mol. The standard InChI is InChI=1S/C18H17N3O3/c1-21-15-9-4-3-8-14(15)17(22)16(20-21)18(23)19-11-12-6-5-7-13(10-12)24-2/h3-10H,11H2,1-2H3,(H,19,23). The maximum Gasteiger partial charge on any atom is 0.276 e. The molecule has 24 heavy (non-hydrogen) atoms. The molecule has 6 heteroatoms. The largest absolute Gasteiger partial charge is 0.497 e. The van der Waals surface area contributed by atoms with E-state index in [1.165, 1.54) is 4.68 Å². The molecule has 2 aromatic carbocycles. The fourth-order valence-electron chi connectivity index (χ4n) is 2.52. The number of rotatable bonds is 4. The van der Waals surface area contributed by atoms with E-state index in [-0.39, 0.29) is 17.7 Å². The second-order valence-electron chi connectivity index (χ2n) is 5.35. The number of nitrogens with zero attached hydrogens (tertiary/aromatic N) is 2. The third kappa shape index (κ3) is 2.99. The zero-order valence-corrected chi connectivity index (χ0v) is 13.4. The first kappa shape index (κ1) is 15.7. The van der Waals surface area contributed by atoms with Gasteiger partial charge in [-0.25, -0.2) is 0 Å². The van der Waals surface area contributed by atoms with Crippen molar-refractivity contribution in [1.29, 1.82) is 0 Å². The number of ether oxygens (including phenoxy) is 1. The van der Waals surface area contributed by atoms with E-state index in [9.17, 15) is 9.59 Å². The second-order valence-corrected chi connectivity index (χ2v) is 5.35. The third-order valence-electron chi connectivity index (χ3n) is 3.76. The molecule has 6 nitrogen and oxygen atoms in total. The van der Waals surface area contributed by atoms with Crippen molar-refractivity contribution in [2.75, 3.05) is 7.11 Å². The molecule has 0 atom stereocenters. The van der Waals surface area contributed by atoms with Crippen molar-refractivity contribution in [2.24, 2.45) is 7.05 Å². The van der Waals surface area contributed by atoms with Crippen LogP contribution in [0.25, 0.3) is 10.9 Å². The Hall–Kier alpha value is -3.15. The molecule has 0 saturated carbocycles. The van der Waals surface area contributed by atoms with Crippen LogP contribution < -0.4 is 15.5 Å². The molecule has 0 bridgehead atoms. The summed E-state index contributed by atoms with van der Waals surface area (Å²) in [6.45, 7) is 0.285.